The van der Waals surface area contributed by atoms with Crippen LogP contribution in [0.3, 0.4) is 0 Å². The molecular formula is C25H26FN5O2. The highest BCUT2D eigenvalue weighted by atomic mass is 19.1. The molecule has 5 rings (SSSR count). The number of aromatic nitrogens is 3. The molecule has 3 aromatic rings. The van der Waals surface area contributed by atoms with Crippen LogP contribution >= 0.6 is 0 Å². The number of aromatic hydroxyl groups is 1. The molecule has 2 saturated carbocycles. The number of nitrogens with zero attached hydrogens (tertiary/aromatic N) is 3. The maximum atomic E-state index is 14.7. The van der Waals surface area contributed by atoms with E-state index in [4.69, 9.17) is 0 Å². The number of carbonyl (C=O) groups is 1. The minimum absolute atomic E-state index is 0.0120. The second-order valence-corrected chi connectivity index (χ2v) is 9.27. The van der Waals surface area contributed by atoms with Crippen molar-refractivity contribution in [2.45, 2.75) is 51.4 Å². The topological polar surface area (TPSA) is 115 Å². The fourth-order valence-electron chi connectivity index (χ4n) is 5.18. The van der Waals surface area contributed by atoms with Crippen LogP contribution in [-0.4, -0.2) is 32.7 Å². The van der Waals surface area contributed by atoms with Crippen molar-refractivity contribution in [1.82, 2.24) is 20.5 Å². The predicted octanol–water partition coefficient (Wildman–Crippen LogP) is 4.45. The molecule has 3 N–H and O–H groups in total. The number of aromatic amines is 1. The molecule has 0 radical (unpaired) electrons. The molecule has 1 amide bonds. The first-order chi connectivity index (χ1) is 16.0. The molecular weight excluding hydrogens is 421 g/mol. The predicted molar refractivity (Wildman–Crippen MR) is 121 cm³/mol. The van der Waals surface area contributed by atoms with Gasteiger partial charge < -0.3 is 10.4 Å². The van der Waals surface area contributed by atoms with Crippen LogP contribution in [0.4, 0.5) is 4.39 Å². The van der Waals surface area contributed by atoms with E-state index in [1.54, 1.807) is 0 Å². The van der Waals surface area contributed by atoms with Crippen molar-refractivity contribution in [3.8, 4) is 23.1 Å². The zero-order valence-electron chi connectivity index (χ0n) is 18.5. The van der Waals surface area contributed by atoms with Gasteiger partial charge in [-0.25, -0.2) is 9.37 Å². The summed E-state index contributed by atoms with van der Waals surface area (Å²) in [4.78, 5) is 17.4. The van der Waals surface area contributed by atoms with Crippen molar-refractivity contribution in [2.24, 2.45) is 11.8 Å². The number of aryl methyl sites for hydroxylation is 1. The molecule has 7 nitrogen and oxygen atoms in total. The quantitative estimate of drug-likeness (QED) is 0.535. The zero-order chi connectivity index (χ0) is 23.1. The molecule has 33 heavy (non-hydrogen) atoms. The third-order valence-electron chi connectivity index (χ3n) is 7.03. The molecule has 2 aliphatic rings. The van der Waals surface area contributed by atoms with E-state index in [1.165, 1.54) is 31.4 Å². The molecule has 0 spiro atoms. The molecule has 170 valence electrons. The number of benzene rings is 1. The van der Waals surface area contributed by atoms with E-state index >= 15 is 0 Å². The van der Waals surface area contributed by atoms with Gasteiger partial charge in [0.2, 0.25) is 5.91 Å². The SMILES string of the molecule is Cc1[nH]nc2nc(-c3ccc(O)cc3F)c(C#N)c(C3C[C@@H]3C(=O)NCC3CCCCC3)c12. The molecule has 1 aromatic carbocycles. The van der Waals surface area contributed by atoms with Crippen molar-refractivity contribution < 1.29 is 14.3 Å². The lowest BCUT2D eigenvalue weighted by atomic mass is 9.89. The molecule has 2 atom stereocenters. The Labute approximate surface area is 191 Å². The highest BCUT2D eigenvalue weighted by molar-refractivity contribution is 5.92. The Morgan fingerprint density at radius 3 is 2.85 bits per heavy atom. The van der Waals surface area contributed by atoms with Crippen molar-refractivity contribution in [3.05, 3.63) is 40.8 Å². The summed E-state index contributed by atoms with van der Waals surface area (Å²) in [5.74, 6) is -0.692. The summed E-state index contributed by atoms with van der Waals surface area (Å²) in [6.45, 7) is 2.55. The first kappa shape index (κ1) is 21.4. The lowest BCUT2D eigenvalue weighted by Gasteiger charge is -2.21. The van der Waals surface area contributed by atoms with Crippen LogP contribution in [0.25, 0.3) is 22.3 Å². The van der Waals surface area contributed by atoms with Gasteiger partial charge in [0.05, 0.1) is 11.3 Å². The fourth-order valence-corrected chi connectivity index (χ4v) is 5.18. The van der Waals surface area contributed by atoms with E-state index in [0.717, 1.165) is 30.0 Å². The number of phenolic OH excluding ortho intramolecular Hbond substituents is 1. The van der Waals surface area contributed by atoms with E-state index in [0.29, 0.717) is 30.1 Å². The van der Waals surface area contributed by atoms with Crippen LogP contribution in [0.15, 0.2) is 18.2 Å². The van der Waals surface area contributed by atoms with E-state index < -0.39 is 5.82 Å². The molecule has 2 heterocycles. The molecule has 0 aliphatic heterocycles. The second kappa shape index (κ2) is 8.47. The van der Waals surface area contributed by atoms with Gasteiger partial charge in [-0.05, 0) is 55.7 Å². The number of hydrogen-bond donors (Lipinski definition) is 3. The molecule has 2 fully saturated rings. The molecule has 0 saturated heterocycles. The summed E-state index contributed by atoms with van der Waals surface area (Å²) in [7, 11) is 0. The number of phenols is 1. The summed E-state index contributed by atoms with van der Waals surface area (Å²) < 4.78 is 14.7. The first-order valence-electron chi connectivity index (χ1n) is 11.5. The monoisotopic (exact) mass is 447 g/mol. The van der Waals surface area contributed by atoms with Crippen LogP contribution in [0.2, 0.25) is 0 Å². The second-order valence-electron chi connectivity index (χ2n) is 9.27. The summed E-state index contributed by atoms with van der Waals surface area (Å²) in [5, 5.41) is 30.7. The Hall–Kier alpha value is -3.47. The van der Waals surface area contributed by atoms with Gasteiger partial charge in [-0.3, -0.25) is 9.89 Å². The number of pyridine rings is 1. The average molecular weight is 448 g/mol. The lowest BCUT2D eigenvalue weighted by Crippen LogP contribution is -2.31. The zero-order valence-corrected chi connectivity index (χ0v) is 18.5. The highest BCUT2D eigenvalue weighted by Crippen LogP contribution is 2.52. The van der Waals surface area contributed by atoms with Crippen LogP contribution in [0.1, 0.15) is 61.3 Å². The first-order valence-corrected chi connectivity index (χ1v) is 11.5. The standard InChI is InChI=1S/C25H26FN5O2/c1-13-21-22(17-10-18(17)25(33)28-12-14-5-3-2-4-6-14)19(11-27)23(29-24(21)31-30-13)16-8-7-15(32)9-20(16)26/h7-9,14,17-18,32H,2-6,10,12H2,1H3,(H,28,33)(H,29,30,31)/t17?,18-/m0/s1. The number of halogens is 1. The van der Waals surface area contributed by atoms with E-state index in [-0.39, 0.29) is 40.3 Å². The van der Waals surface area contributed by atoms with Crippen molar-refractivity contribution in [1.29, 1.82) is 5.26 Å². The highest BCUT2D eigenvalue weighted by Gasteiger charge is 2.47. The maximum absolute atomic E-state index is 14.7. The summed E-state index contributed by atoms with van der Waals surface area (Å²) in [6, 6.07) is 5.98. The van der Waals surface area contributed by atoms with Gasteiger partial charge in [0, 0.05) is 35.2 Å². The number of H-pyrrole nitrogens is 1. The minimum Gasteiger partial charge on any atom is -0.508 e. The van der Waals surface area contributed by atoms with E-state index in [9.17, 15) is 19.6 Å². The lowest BCUT2D eigenvalue weighted by molar-refractivity contribution is -0.122. The van der Waals surface area contributed by atoms with Gasteiger partial charge in [0.15, 0.2) is 5.65 Å². The molecule has 8 heteroatoms. The van der Waals surface area contributed by atoms with Gasteiger partial charge in [0.25, 0.3) is 0 Å². The van der Waals surface area contributed by atoms with Gasteiger partial charge in [-0.15, -0.1) is 0 Å². The molecule has 2 aromatic heterocycles. The van der Waals surface area contributed by atoms with Crippen molar-refractivity contribution in [3.63, 3.8) is 0 Å². The third kappa shape index (κ3) is 3.92. The fraction of sp³-hybridized carbons (Fsp3) is 0.440. The van der Waals surface area contributed by atoms with Crippen LogP contribution in [0, 0.1) is 35.9 Å². The average Bonchev–Trinajstić information content (AvgIpc) is 3.53. The normalized spacial score (nSPS) is 20.5. The number of rotatable bonds is 5. The van der Waals surface area contributed by atoms with Gasteiger partial charge >= 0.3 is 0 Å². The van der Waals surface area contributed by atoms with Crippen LogP contribution in [0.5, 0.6) is 5.75 Å². The van der Waals surface area contributed by atoms with Gasteiger partial charge in [-0.1, -0.05) is 19.3 Å². The van der Waals surface area contributed by atoms with Gasteiger partial charge in [0.1, 0.15) is 17.6 Å². The minimum atomic E-state index is -0.672. The maximum Gasteiger partial charge on any atom is 0.223 e. The Bertz CT molecular complexity index is 1270. The number of amides is 1. The third-order valence-corrected chi connectivity index (χ3v) is 7.03. The Morgan fingerprint density at radius 2 is 2.12 bits per heavy atom. The van der Waals surface area contributed by atoms with Crippen LogP contribution < -0.4 is 5.32 Å². The number of carbonyl (C=O) groups excluding carboxylic acids is 1. The van der Waals surface area contributed by atoms with Crippen molar-refractivity contribution in [2.75, 3.05) is 6.54 Å². The number of hydrogen-bond acceptors (Lipinski definition) is 5. The largest absolute Gasteiger partial charge is 0.508 e. The molecule has 1 unspecified atom stereocenters. The Morgan fingerprint density at radius 1 is 1.33 bits per heavy atom. The van der Waals surface area contributed by atoms with Crippen molar-refractivity contribution >= 4 is 16.9 Å². The number of fused-ring (bicyclic) bond motifs is 1. The Balaban J connectivity index is 1.49. The van der Waals surface area contributed by atoms with Crippen LogP contribution in [-0.2, 0) is 4.79 Å². The van der Waals surface area contributed by atoms with E-state index in [2.05, 4.69) is 26.6 Å². The van der Waals surface area contributed by atoms with E-state index in [1.807, 2.05) is 6.92 Å². The summed E-state index contributed by atoms with van der Waals surface area (Å²) in [6.07, 6.45) is 6.68. The van der Waals surface area contributed by atoms with Gasteiger partial charge in [-0.2, -0.15) is 10.4 Å². The molecule has 0 bridgehead atoms. The Kier molecular flexibility index (Phi) is 5.49. The number of nitrogens with one attached hydrogen (secondary N) is 2. The molecule has 2 aliphatic carbocycles. The summed E-state index contributed by atoms with van der Waals surface area (Å²) >= 11 is 0. The smallest absolute Gasteiger partial charge is 0.223 e. The number of nitriles is 1. The summed E-state index contributed by atoms with van der Waals surface area (Å²) in [5.41, 5.74) is 2.40.